The highest BCUT2D eigenvalue weighted by atomic mass is 32.1. The first-order valence-corrected chi connectivity index (χ1v) is 11.2. The summed E-state index contributed by atoms with van der Waals surface area (Å²) in [5.41, 5.74) is 0.756. The average Bonchev–Trinajstić information content (AvgIpc) is 3.31. The monoisotopic (exact) mass is 418 g/mol. The Labute approximate surface area is 175 Å². The maximum Gasteiger partial charge on any atom is 0.410 e. The van der Waals surface area contributed by atoms with Gasteiger partial charge in [0.25, 0.3) is 5.91 Å². The van der Waals surface area contributed by atoms with E-state index < -0.39 is 5.60 Å². The summed E-state index contributed by atoms with van der Waals surface area (Å²) in [7, 11) is 0. The molecule has 2 aromatic rings. The Morgan fingerprint density at radius 1 is 1.34 bits per heavy atom. The van der Waals surface area contributed by atoms with Crippen LogP contribution in [-0.2, 0) is 4.74 Å². The summed E-state index contributed by atoms with van der Waals surface area (Å²) in [5.74, 6) is 1.41. The van der Waals surface area contributed by atoms with Gasteiger partial charge in [0.1, 0.15) is 11.3 Å². The smallest absolute Gasteiger partial charge is 0.410 e. The lowest BCUT2D eigenvalue weighted by Gasteiger charge is -2.31. The Hall–Kier alpha value is -2.09. The van der Waals surface area contributed by atoms with Gasteiger partial charge in [0.15, 0.2) is 4.96 Å². The first-order chi connectivity index (χ1) is 13.6. The highest BCUT2D eigenvalue weighted by molar-refractivity contribution is 7.15. The summed E-state index contributed by atoms with van der Waals surface area (Å²) in [6.45, 7) is 10.9. The highest BCUT2D eigenvalue weighted by Crippen LogP contribution is 2.45. The molecule has 4 rings (SSSR count). The molecule has 158 valence electrons. The van der Waals surface area contributed by atoms with E-state index in [0.29, 0.717) is 36.5 Å². The number of carbonyl (C=O) groups is 2. The van der Waals surface area contributed by atoms with Gasteiger partial charge in [-0.3, -0.25) is 9.20 Å². The quantitative estimate of drug-likeness (QED) is 0.824. The lowest BCUT2D eigenvalue weighted by Crippen LogP contribution is -2.47. The number of rotatable bonds is 3. The summed E-state index contributed by atoms with van der Waals surface area (Å²) in [4.78, 5) is 32.9. The fraction of sp³-hybridized carbons (Fsp3) is 0.667. The molecule has 3 unspecified atom stereocenters. The number of amides is 2. The van der Waals surface area contributed by atoms with E-state index in [-0.39, 0.29) is 18.0 Å². The van der Waals surface area contributed by atoms with Gasteiger partial charge in [-0.1, -0.05) is 6.92 Å². The summed E-state index contributed by atoms with van der Waals surface area (Å²) >= 11 is 1.51. The van der Waals surface area contributed by atoms with E-state index in [1.54, 1.807) is 0 Å². The van der Waals surface area contributed by atoms with Crippen molar-refractivity contribution in [3.8, 4) is 0 Å². The van der Waals surface area contributed by atoms with E-state index in [2.05, 4.69) is 17.2 Å². The summed E-state index contributed by atoms with van der Waals surface area (Å²) in [6, 6.07) is -0.0325. The van der Waals surface area contributed by atoms with E-state index in [0.717, 1.165) is 23.5 Å². The molecule has 1 saturated heterocycles. The van der Waals surface area contributed by atoms with Crippen LogP contribution < -0.4 is 5.32 Å². The number of nitrogens with one attached hydrogen (secondary N) is 1. The molecule has 7 nitrogen and oxygen atoms in total. The average molecular weight is 419 g/mol. The van der Waals surface area contributed by atoms with Gasteiger partial charge in [-0.05, 0) is 58.3 Å². The molecule has 0 aromatic carbocycles. The maximum atomic E-state index is 13.0. The van der Waals surface area contributed by atoms with Crippen molar-refractivity contribution in [3.05, 3.63) is 23.0 Å². The molecule has 0 bridgehead atoms. The lowest BCUT2D eigenvalue weighted by atomic mass is 9.94. The molecule has 29 heavy (non-hydrogen) atoms. The number of thiazole rings is 1. The second kappa shape index (κ2) is 7.31. The normalized spacial score (nSPS) is 26.7. The molecule has 0 radical (unpaired) electrons. The number of ether oxygens (including phenoxy) is 1. The van der Waals surface area contributed by atoms with Crippen LogP contribution >= 0.6 is 11.3 Å². The molecule has 4 atom stereocenters. The van der Waals surface area contributed by atoms with Crippen molar-refractivity contribution in [2.75, 3.05) is 13.1 Å². The molecule has 1 saturated carbocycles. The van der Waals surface area contributed by atoms with Crippen LogP contribution in [0, 0.1) is 24.7 Å². The molecule has 2 aliphatic rings. The largest absolute Gasteiger partial charge is 0.444 e. The molecule has 2 aromatic heterocycles. The number of aromatic nitrogens is 2. The Balaban J connectivity index is 1.50. The van der Waals surface area contributed by atoms with E-state index >= 15 is 0 Å². The van der Waals surface area contributed by atoms with Gasteiger partial charge >= 0.3 is 6.09 Å². The number of likely N-dealkylation sites (tertiary alicyclic amines) is 1. The van der Waals surface area contributed by atoms with E-state index in [9.17, 15) is 9.59 Å². The van der Waals surface area contributed by atoms with Gasteiger partial charge in [-0.2, -0.15) is 0 Å². The van der Waals surface area contributed by atoms with Crippen LogP contribution in [-0.4, -0.2) is 51.0 Å². The zero-order valence-electron chi connectivity index (χ0n) is 17.8. The molecule has 3 heterocycles. The minimum absolute atomic E-state index is 0.0325. The highest BCUT2D eigenvalue weighted by Gasteiger charge is 2.49. The van der Waals surface area contributed by atoms with Crippen LogP contribution in [0.15, 0.2) is 11.6 Å². The van der Waals surface area contributed by atoms with Crippen LogP contribution in [0.2, 0.25) is 0 Å². The van der Waals surface area contributed by atoms with E-state index in [4.69, 9.17) is 4.74 Å². The minimum Gasteiger partial charge on any atom is -0.444 e. The Morgan fingerprint density at radius 2 is 2.10 bits per heavy atom. The van der Waals surface area contributed by atoms with Gasteiger partial charge in [0, 0.05) is 24.7 Å². The topological polar surface area (TPSA) is 75.9 Å². The number of hydrogen-bond acceptors (Lipinski definition) is 5. The molecular weight excluding hydrogens is 388 g/mol. The van der Waals surface area contributed by atoms with Crippen molar-refractivity contribution in [2.45, 2.75) is 59.1 Å². The van der Waals surface area contributed by atoms with Crippen LogP contribution in [0.25, 0.3) is 4.96 Å². The van der Waals surface area contributed by atoms with Crippen molar-refractivity contribution in [1.82, 2.24) is 19.6 Å². The van der Waals surface area contributed by atoms with Crippen LogP contribution in [0.5, 0.6) is 0 Å². The molecule has 2 fully saturated rings. The van der Waals surface area contributed by atoms with Crippen LogP contribution in [0.3, 0.4) is 0 Å². The summed E-state index contributed by atoms with van der Waals surface area (Å²) in [5, 5.41) is 5.00. The lowest BCUT2D eigenvalue weighted by molar-refractivity contribution is 0.0196. The molecule has 1 N–H and O–H groups in total. The second-order valence-corrected chi connectivity index (χ2v) is 10.4. The third kappa shape index (κ3) is 3.86. The van der Waals surface area contributed by atoms with Crippen molar-refractivity contribution in [3.63, 3.8) is 0 Å². The van der Waals surface area contributed by atoms with Crippen molar-refractivity contribution >= 4 is 28.3 Å². The van der Waals surface area contributed by atoms with Crippen molar-refractivity contribution in [1.29, 1.82) is 0 Å². The van der Waals surface area contributed by atoms with Gasteiger partial charge < -0.3 is 15.0 Å². The molecule has 2 amide bonds. The number of imidazole rings is 1. The van der Waals surface area contributed by atoms with Crippen molar-refractivity contribution < 1.29 is 14.3 Å². The Bertz CT molecular complexity index is 928. The van der Waals surface area contributed by atoms with Crippen LogP contribution in [0.1, 0.15) is 56.7 Å². The minimum atomic E-state index is -0.533. The zero-order chi connectivity index (χ0) is 20.9. The summed E-state index contributed by atoms with van der Waals surface area (Å²) < 4.78 is 7.48. The third-order valence-electron chi connectivity index (χ3n) is 6.06. The predicted octanol–water partition coefficient (Wildman–Crippen LogP) is 3.72. The Kier molecular flexibility index (Phi) is 5.09. The number of aryl methyl sites for hydroxylation is 1. The fourth-order valence-electron chi connectivity index (χ4n) is 4.99. The number of hydrogen-bond donors (Lipinski definition) is 1. The maximum absolute atomic E-state index is 13.0. The molecule has 8 heteroatoms. The number of fused-ring (bicyclic) bond motifs is 2. The van der Waals surface area contributed by atoms with Crippen molar-refractivity contribution in [2.24, 2.45) is 17.8 Å². The fourth-order valence-corrected chi connectivity index (χ4v) is 5.75. The number of nitrogens with zero attached hydrogens (tertiary/aromatic N) is 3. The third-order valence-corrected chi connectivity index (χ3v) is 6.82. The molecule has 0 spiro atoms. The van der Waals surface area contributed by atoms with Gasteiger partial charge in [-0.15, -0.1) is 11.3 Å². The standard InChI is InChI=1S/C21H30N4O3S/c1-12-8-14-11-25(20(27)28-21(3,4)5)16(15(14)9-12)10-22-18(26)17-13(2)23-19-24(17)6-7-29-19/h6-7,12,14-16H,8-11H2,1-5H3,(H,22,26)/t12?,14?,15-,16?/m0/s1. The predicted molar refractivity (Wildman–Crippen MR) is 112 cm³/mol. The molecule has 1 aliphatic carbocycles. The van der Waals surface area contributed by atoms with Crippen LogP contribution in [0.4, 0.5) is 4.79 Å². The molecule has 1 aliphatic heterocycles. The van der Waals surface area contributed by atoms with E-state index in [1.165, 1.54) is 11.3 Å². The van der Waals surface area contributed by atoms with Gasteiger partial charge in [0.05, 0.1) is 11.7 Å². The Morgan fingerprint density at radius 3 is 2.83 bits per heavy atom. The molecular formula is C21H30N4O3S. The SMILES string of the molecule is Cc1nc2sccn2c1C(=O)NCC1[C@H]2CC(C)CC2CN1C(=O)OC(C)(C)C. The van der Waals surface area contributed by atoms with Gasteiger partial charge in [-0.25, -0.2) is 9.78 Å². The zero-order valence-corrected chi connectivity index (χ0v) is 18.6. The second-order valence-electron chi connectivity index (χ2n) is 9.51. The first-order valence-electron chi connectivity index (χ1n) is 10.3. The number of carbonyl (C=O) groups excluding carboxylic acids is 2. The van der Waals surface area contributed by atoms with Gasteiger partial charge in [0.2, 0.25) is 0 Å². The first kappa shape index (κ1) is 20.2. The summed E-state index contributed by atoms with van der Waals surface area (Å²) in [6.07, 6.45) is 3.81. The van der Waals surface area contributed by atoms with E-state index in [1.807, 2.05) is 48.6 Å².